The third-order valence-electron chi connectivity index (χ3n) is 5.81. The molecule has 0 bridgehead atoms. The lowest BCUT2D eigenvalue weighted by molar-refractivity contribution is 0.293. The van der Waals surface area contributed by atoms with Gasteiger partial charge in [-0.1, -0.05) is 31.4 Å². The summed E-state index contributed by atoms with van der Waals surface area (Å²) in [6.45, 7) is 2.91. The fourth-order valence-corrected chi connectivity index (χ4v) is 5.94. The van der Waals surface area contributed by atoms with Crippen molar-refractivity contribution in [3.63, 3.8) is 0 Å². The molecule has 0 radical (unpaired) electrons. The van der Waals surface area contributed by atoms with E-state index in [1.807, 2.05) is 13.1 Å². The minimum absolute atomic E-state index is 0. The molecule has 5 nitrogen and oxygen atoms in total. The maximum absolute atomic E-state index is 4.77. The van der Waals surface area contributed by atoms with E-state index in [4.69, 9.17) is 4.98 Å². The Hall–Kier alpha value is -0.960. The Morgan fingerprint density at radius 1 is 1.26 bits per heavy atom. The zero-order chi connectivity index (χ0) is 18.0. The van der Waals surface area contributed by atoms with Gasteiger partial charge in [-0.2, -0.15) is 11.8 Å². The molecule has 2 fully saturated rings. The molecule has 0 atom stereocenters. The van der Waals surface area contributed by atoms with Crippen LogP contribution >= 0.6 is 35.7 Å². The number of fused-ring (bicyclic) bond motifs is 1. The number of aryl methyl sites for hydroxylation is 1. The van der Waals surface area contributed by atoms with Gasteiger partial charge in [0, 0.05) is 37.7 Å². The molecule has 1 saturated heterocycles. The van der Waals surface area contributed by atoms with Crippen molar-refractivity contribution < 1.29 is 0 Å². The Labute approximate surface area is 183 Å². The van der Waals surface area contributed by atoms with Gasteiger partial charge < -0.3 is 14.8 Å². The number of benzene rings is 1. The molecule has 2 aliphatic rings. The first-order chi connectivity index (χ1) is 12.7. The standard InChI is InChI=1S/C20H29N5S.HI/c1-21-19(25-12-13-26-20(15-25)10-6-3-7-11-20)22-14-18-23-16-8-4-5-9-17(16)24(18)2;/h4-5,8-9H,3,6-7,10-15H2,1-2H3,(H,21,22);1H. The average molecular weight is 499 g/mol. The Morgan fingerprint density at radius 2 is 2.04 bits per heavy atom. The Balaban J connectivity index is 0.00000210. The second-order valence-electron chi connectivity index (χ2n) is 7.49. The van der Waals surface area contributed by atoms with Gasteiger partial charge >= 0.3 is 0 Å². The van der Waals surface area contributed by atoms with Crippen LogP contribution in [0.4, 0.5) is 0 Å². The molecule has 148 valence electrons. The fourth-order valence-electron chi connectivity index (χ4n) is 4.37. The minimum Gasteiger partial charge on any atom is -0.349 e. The molecule has 1 aromatic carbocycles. The molecule has 1 aromatic heterocycles. The van der Waals surface area contributed by atoms with Gasteiger partial charge in [0.15, 0.2) is 5.96 Å². The molecule has 0 unspecified atom stereocenters. The number of nitrogens with one attached hydrogen (secondary N) is 1. The van der Waals surface area contributed by atoms with Crippen LogP contribution in [0.15, 0.2) is 29.3 Å². The van der Waals surface area contributed by atoms with Crippen LogP contribution < -0.4 is 5.32 Å². The van der Waals surface area contributed by atoms with E-state index in [0.717, 1.165) is 30.4 Å². The van der Waals surface area contributed by atoms with Crippen LogP contribution in [0.5, 0.6) is 0 Å². The molecule has 4 rings (SSSR count). The topological polar surface area (TPSA) is 45.5 Å². The summed E-state index contributed by atoms with van der Waals surface area (Å²) in [6.07, 6.45) is 6.88. The lowest BCUT2D eigenvalue weighted by Crippen LogP contribution is -2.53. The van der Waals surface area contributed by atoms with Gasteiger partial charge in [0.25, 0.3) is 0 Å². The number of thioether (sulfide) groups is 1. The zero-order valence-corrected chi connectivity index (χ0v) is 19.4. The van der Waals surface area contributed by atoms with Crippen molar-refractivity contribution in [2.45, 2.75) is 43.4 Å². The lowest BCUT2D eigenvalue weighted by atomic mass is 9.87. The van der Waals surface area contributed by atoms with Gasteiger partial charge in [-0.3, -0.25) is 4.99 Å². The summed E-state index contributed by atoms with van der Waals surface area (Å²) in [5, 5.41) is 3.56. The van der Waals surface area contributed by atoms with Gasteiger partial charge in [-0.05, 0) is 25.0 Å². The number of imidazole rings is 1. The number of aliphatic imine (C=N–C) groups is 1. The maximum atomic E-state index is 4.77. The first kappa shape index (κ1) is 20.8. The molecule has 7 heteroatoms. The number of para-hydroxylation sites is 2. The van der Waals surface area contributed by atoms with Crippen LogP contribution in [-0.2, 0) is 13.6 Å². The molecule has 1 aliphatic heterocycles. The van der Waals surface area contributed by atoms with Crippen LogP contribution in [0.25, 0.3) is 11.0 Å². The Bertz CT molecular complexity index is 791. The van der Waals surface area contributed by atoms with Gasteiger partial charge in [0.05, 0.1) is 17.6 Å². The van der Waals surface area contributed by atoms with Gasteiger partial charge in [0.1, 0.15) is 5.82 Å². The largest absolute Gasteiger partial charge is 0.349 e. The highest BCUT2D eigenvalue weighted by Gasteiger charge is 2.38. The Morgan fingerprint density at radius 3 is 2.78 bits per heavy atom. The lowest BCUT2D eigenvalue weighted by Gasteiger charge is -2.45. The summed E-state index contributed by atoms with van der Waals surface area (Å²) in [5.41, 5.74) is 2.23. The van der Waals surface area contributed by atoms with Crippen LogP contribution in [0.2, 0.25) is 0 Å². The highest BCUT2D eigenvalue weighted by molar-refractivity contribution is 14.0. The van der Waals surface area contributed by atoms with Crippen molar-refractivity contribution >= 4 is 52.7 Å². The number of guanidine groups is 1. The van der Waals surface area contributed by atoms with E-state index in [1.165, 1.54) is 43.4 Å². The van der Waals surface area contributed by atoms with Crippen molar-refractivity contribution in [1.82, 2.24) is 19.8 Å². The van der Waals surface area contributed by atoms with E-state index in [2.05, 4.69) is 56.8 Å². The van der Waals surface area contributed by atoms with Crippen molar-refractivity contribution in [1.29, 1.82) is 0 Å². The molecule has 1 spiro atoms. The van der Waals surface area contributed by atoms with Crippen LogP contribution in [0.1, 0.15) is 37.9 Å². The molecule has 0 amide bonds. The zero-order valence-electron chi connectivity index (χ0n) is 16.3. The molecule has 1 saturated carbocycles. The third kappa shape index (κ3) is 4.39. The van der Waals surface area contributed by atoms with Crippen molar-refractivity contribution in [3.8, 4) is 0 Å². The molecule has 1 aliphatic carbocycles. The number of rotatable bonds is 2. The van der Waals surface area contributed by atoms with Crippen LogP contribution in [-0.4, -0.2) is 51.0 Å². The van der Waals surface area contributed by atoms with E-state index < -0.39 is 0 Å². The first-order valence-electron chi connectivity index (χ1n) is 9.71. The number of aromatic nitrogens is 2. The molecular weight excluding hydrogens is 469 g/mol. The Kier molecular flexibility index (Phi) is 6.94. The molecule has 2 aromatic rings. The smallest absolute Gasteiger partial charge is 0.194 e. The first-order valence-corrected chi connectivity index (χ1v) is 10.7. The molecule has 1 N–H and O–H groups in total. The number of nitrogens with zero attached hydrogens (tertiary/aromatic N) is 4. The van der Waals surface area contributed by atoms with E-state index in [9.17, 15) is 0 Å². The summed E-state index contributed by atoms with van der Waals surface area (Å²) in [7, 11) is 3.98. The molecule has 27 heavy (non-hydrogen) atoms. The summed E-state index contributed by atoms with van der Waals surface area (Å²) >= 11 is 2.20. The quantitative estimate of drug-likeness (QED) is 0.385. The molecular formula is C20H30IN5S. The SMILES string of the molecule is CN=C(NCc1nc2ccccc2n1C)N1CCSC2(CCCCC2)C1.I. The predicted molar refractivity (Wildman–Crippen MR) is 126 cm³/mol. The molecule has 2 heterocycles. The van der Waals surface area contributed by atoms with Crippen molar-refractivity contribution in [2.75, 3.05) is 25.9 Å². The predicted octanol–water partition coefficient (Wildman–Crippen LogP) is 4.02. The second-order valence-corrected chi connectivity index (χ2v) is 9.05. The average Bonchev–Trinajstić information content (AvgIpc) is 2.99. The highest BCUT2D eigenvalue weighted by atomic mass is 127. The minimum atomic E-state index is 0. The van der Waals surface area contributed by atoms with E-state index >= 15 is 0 Å². The van der Waals surface area contributed by atoms with Gasteiger partial charge in [-0.25, -0.2) is 4.98 Å². The normalized spacial score (nSPS) is 19.9. The van der Waals surface area contributed by atoms with Crippen molar-refractivity contribution in [2.24, 2.45) is 12.0 Å². The van der Waals surface area contributed by atoms with E-state index in [1.54, 1.807) is 0 Å². The summed E-state index contributed by atoms with van der Waals surface area (Å²) < 4.78 is 2.62. The van der Waals surface area contributed by atoms with Crippen molar-refractivity contribution in [3.05, 3.63) is 30.1 Å². The number of halogens is 1. The van der Waals surface area contributed by atoms with E-state index in [-0.39, 0.29) is 24.0 Å². The summed E-state index contributed by atoms with van der Waals surface area (Å²) in [4.78, 5) is 11.8. The number of hydrogen-bond donors (Lipinski definition) is 1. The van der Waals surface area contributed by atoms with Gasteiger partial charge in [-0.15, -0.1) is 24.0 Å². The summed E-state index contributed by atoms with van der Waals surface area (Å²) in [5.74, 6) is 3.26. The highest BCUT2D eigenvalue weighted by Crippen LogP contribution is 2.42. The fraction of sp³-hybridized carbons (Fsp3) is 0.600. The number of hydrogen-bond acceptors (Lipinski definition) is 3. The summed E-state index contributed by atoms with van der Waals surface area (Å²) in [6, 6.07) is 8.30. The van der Waals surface area contributed by atoms with Crippen LogP contribution in [0, 0.1) is 0 Å². The third-order valence-corrected chi connectivity index (χ3v) is 7.35. The maximum Gasteiger partial charge on any atom is 0.194 e. The van der Waals surface area contributed by atoms with Crippen LogP contribution in [0.3, 0.4) is 0 Å². The van der Waals surface area contributed by atoms with E-state index in [0.29, 0.717) is 11.3 Å². The monoisotopic (exact) mass is 499 g/mol. The van der Waals surface area contributed by atoms with Gasteiger partial charge in [0.2, 0.25) is 0 Å². The second kappa shape index (κ2) is 9.03.